The number of nitrogens with one attached hydrogen (secondary N) is 1. The van der Waals surface area contributed by atoms with Crippen molar-refractivity contribution in [1.29, 1.82) is 0 Å². The number of nitrogens with zero attached hydrogens (tertiary/aromatic N) is 5. The van der Waals surface area contributed by atoms with Crippen LogP contribution >= 0.6 is 0 Å². The Morgan fingerprint density at radius 1 is 0.805 bits per heavy atom. The van der Waals surface area contributed by atoms with Crippen molar-refractivity contribution in [1.82, 2.24) is 24.5 Å². The van der Waals surface area contributed by atoms with Crippen molar-refractivity contribution in [3.8, 4) is 16.8 Å². The fourth-order valence-electron chi connectivity index (χ4n) is 5.37. The van der Waals surface area contributed by atoms with Crippen LogP contribution < -0.4 is 16.6 Å². The second-order valence-electron chi connectivity index (χ2n) is 9.90. The summed E-state index contributed by atoms with van der Waals surface area (Å²) in [6.07, 6.45) is 3.52. The summed E-state index contributed by atoms with van der Waals surface area (Å²) in [6.45, 7) is 1.99. The molecule has 7 aromatic rings. The van der Waals surface area contributed by atoms with Crippen LogP contribution in [0.1, 0.15) is 18.7 Å². The number of nitrogens with two attached hydrogens (primary N) is 1. The highest BCUT2D eigenvalue weighted by Gasteiger charge is 2.20. The molecule has 8 heteroatoms. The summed E-state index contributed by atoms with van der Waals surface area (Å²) in [5.41, 5.74) is 11.3. The van der Waals surface area contributed by atoms with Gasteiger partial charge in [0.15, 0.2) is 5.82 Å². The number of fused-ring (bicyclic) bond motifs is 3. The van der Waals surface area contributed by atoms with Crippen LogP contribution in [0.15, 0.2) is 114 Å². The van der Waals surface area contributed by atoms with E-state index in [1.54, 1.807) is 16.8 Å². The maximum absolute atomic E-state index is 14.5. The Morgan fingerprint density at radius 2 is 1.59 bits per heavy atom. The lowest BCUT2D eigenvalue weighted by Gasteiger charge is -2.22. The second kappa shape index (κ2) is 9.84. The van der Waals surface area contributed by atoms with Crippen molar-refractivity contribution in [2.45, 2.75) is 13.0 Å². The molecule has 1 atom stereocenters. The van der Waals surface area contributed by atoms with Gasteiger partial charge >= 0.3 is 0 Å². The number of aromatic nitrogens is 5. The molecule has 0 spiro atoms. The Balaban J connectivity index is 1.44. The Bertz CT molecular complexity index is 2140. The third-order valence-electron chi connectivity index (χ3n) is 7.26. The van der Waals surface area contributed by atoms with Gasteiger partial charge in [-0.05, 0) is 60.3 Å². The van der Waals surface area contributed by atoms with Gasteiger partial charge < -0.3 is 11.1 Å². The molecule has 8 nitrogen and oxygen atoms in total. The summed E-state index contributed by atoms with van der Waals surface area (Å²) in [7, 11) is 0. The summed E-state index contributed by atoms with van der Waals surface area (Å²) in [6, 6.07) is 31.0. The molecular weight excluding hydrogens is 510 g/mol. The van der Waals surface area contributed by atoms with E-state index in [1.807, 2.05) is 92.0 Å². The monoisotopic (exact) mass is 535 g/mol. The summed E-state index contributed by atoms with van der Waals surface area (Å²) in [5.74, 6) is 0.650. The third kappa shape index (κ3) is 4.31. The number of anilines is 2. The maximum Gasteiger partial charge on any atom is 0.263 e. The quantitative estimate of drug-likeness (QED) is 0.266. The predicted molar refractivity (Wildman–Crippen MR) is 164 cm³/mol. The summed E-state index contributed by atoms with van der Waals surface area (Å²) in [5, 5.41) is 5.93. The molecule has 4 heterocycles. The first-order chi connectivity index (χ1) is 20.1. The first-order valence-corrected chi connectivity index (χ1v) is 13.3. The zero-order valence-corrected chi connectivity index (χ0v) is 22.2. The molecule has 7 rings (SSSR count). The van der Waals surface area contributed by atoms with Crippen LogP contribution in [0.5, 0.6) is 0 Å². The summed E-state index contributed by atoms with van der Waals surface area (Å²) in [4.78, 5) is 32.3. The van der Waals surface area contributed by atoms with Gasteiger partial charge in [-0.3, -0.25) is 19.3 Å². The highest BCUT2D eigenvalue weighted by molar-refractivity contribution is 5.98. The average molecular weight is 536 g/mol. The van der Waals surface area contributed by atoms with E-state index in [9.17, 15) is 4.79 Å². The SMILES string of the molecule is C[C@H](Nc1nc(N)nc2cccnc12)c1cc2cccc(-c3cnc4ccccc4c3)c2c(=O)n1-c1ccccc1. The van der Waals surface area contributed by atoms with Crippen molar-refractivity contribution >= 4 is 44.5 Å². The van der Waals surface area contributed by atoms with Crippen LogP contribution in [-0.4, -0.2) is 24.5 Å². The summed E-state index contributed by atoms with van der Waals surface area (Å²) < 4.78 is 1.76. The lowest BCUT2D eigenvalue weighted by Crippen LogP contribution is -2.26. The smallest absolute Gasteiger partial charge is 0.263 e. The molecule has 0 aliphatic carbocycles. The van der Waals surface area contributed by atoms with Crippen LogP contribution in [-0.2, 0) is 0 Å². The minimum Gasteiger partial charge on any atom is -0.368 e. The Hall–Kier alpha value is -5.63. The Labute approximate surface area is 235 Å². The van der Waals surface area contributed by atoms with E-state index >= 15 is 0 Å². The maximum atomic E-state index is 14.5. The van der Waals surface area contributed by atoms with Crippen molar-refractivity contribution in [2.75, 3.05) is 11.1 Å². The van der Waals surface area contributed by atoms with E-state index in [4.69, 9.17) is 5.73 Å². The van der Waals surface area contributed by atoms with E-state index in [2.05, 4.69) is 37.4 Å². The topological polar surface area (TPSA) is 112 Å². The zero-order valence-electron chi connectivity index (χ0n) is 22.2. The number of nitrogen functional groups attached to an aromatic ring is 1. The van der Waals surface area contributed by atoms with E-state index in [0.29, 0.717) is 22.2 Å². The van der Waals surface area contributed by atoms with Gasteiger partial charge in [-0.15, -0.1) is 0 Å². The van der Waals surface area contributed by atoms with Crippen LogP contribution in [0, 0.1) is 0 Å². The van der Waals surface area contributed by atoms with Crippen molar-refractivity contribution in [3.05, 3.63) is 126 Å². The molecule has 0 fully saturated rings. The number of rotatable bonds is 5. The average Bonchev–Trinajstić information content (AvgIpc) is 3.00. The molecular formula is C33H25N7O. The van der Waals surface area contributed by atoms with Crippen molar-refractivity contribution in [3.63, 3.8) is 0 Å². The molecule has 0 amide bonds. The molecule has 0 bridgehead atoms. The van der Waals surface area contributed by atoms with Gasteiger partial charge in [-0.1, -0.05) is 54.6 Å². The predicted octanol–water partition coefficient (Wildman–Crippen LogP) is 6.30. The minimum atomic E-state index is -0.335. The van der Waals surface area contributed by atoms with E-state index < -0.39 is 0 Å². The van der Waals surface area contributed by atoms with E-state index in [1.165, 1.54) is 0 Å². The fourth-order valence-corrected chi connectivity index (χ4v) is 5.37. The van der Waals surface area contributed by atoms with E-state index in [0.717, 1.165) is 38.8 Å². The number of para-hydroxylation sites is 2. The molecule has 0 radical (unpaired) electrons. The zero-order chi connectivity index (χ0) is 27.9. The standard InChI is InChI=1S/C33H25N7O/c1-20(37-31-30-27(15-8-16-35-30)38-33(34)39-31)28-18-22-10-7-13-25(23-17-21-9-5-6-14-26(21)36-19-23)29(22)32(41)40(28)24-11-3-2-4-12-24/h2-20H,1H3,(H3,34,37,38,39)/t20-/m0/s1. The summed E-state index contributed by atoms with van der Waals surface area (Å²) >= 11 is 0. The molecule has 198 valence electrons. The number of pyridine rings is 3. The first-order valence-electron chi connectivity index (χ1n) is 13.3. The van der Waals surface area contributed by atoms with Crippen LogP contribution in [0.3, 0.4) is 0 Å². The van der Waals surface area contributed by atoms with Gasteiger partial charge in [-0.2, -0.15) is 4.98 Å². The Morgan fingerprint density at radius 3 is 2.46 bits per heavy atom. The van der Waals surface area contributed by atoms with Crippen LogP contribution in [0.4, 0.5) is 11.8 Å². The number of benzene rings is 3. The lowest BCUT2D eigenvalue weighted by molar-refractivity contribution is 0.774. The molecule has 0 aliphatic rings. The normalized spacial score (nSPS) is 12.1. The molecule has 0 saturated heterocycles. The minimum absolute atomic E-state index is 0.119. The molecule has 0 unspecified atom stereocenters. The molecule has 0 aliphatic heterocycles. The third-order valence-corrected chi connectivity index (χ3v) is 7.26. The van der Waals surface area contributed by atoms with Gasteiger partial charge in [0, 0.05) is 34.7 Å². The van der Waals surface area contributed by atoms with Crippen molar-refractivity contribution < 1.29 is 0 Å². The second-order valence-corrected chi connectivity index (χ2v) is 9.90. The van der Waals surface area contributed by atoms with Gasteiger partial charge in [0.05, 0.1) is 22.5 Å². The van der Waals surface area contributed by atoms with E-state index in [-0.39, 0.29) is 17.5 Å². The Kier molecular flexibility index (Phi) is 5.86. The largest absolute Gasteiger partial charge is 0.368 e. The van der Waals surface area contributed by atoms with Gasteiger partial charge in [-0.25, -0.2) is 4.98 Å². The van der Waals surface area contributed by atoms with Crippen LogP contribution in [0.2, 0.25) is 0 Å². The molecule has 3 N–H and O–H groups in total. The van der Waals surface area contributed by atoms with Gasteiger partial charge in [0.2, 0.25) is 5.95 Å². The highest BCUT2D eigenvalue weighted by Crippen LogP contribution is 2.31. The fraction of sp³-hybridized carbons (Fsp3) is 0.0606. The number of hydrogen-bond donors (Lipinski definition) is 2. The first kappa shape index (κ1) is 24.4. The van der Waals surface area contributed by atoms with Gasteiger partial charge in [0.25, 0.3) is 5.56 Å². The highest BCUT2D eigenvalue weighted by atomic mass is 16.1. The molecule has 0 saturated carbocycles. The lowest BCUT2D eigenvalue weighted by atomic mass is 9.98. The van der Waals surface area contributed by atoms with Crippen LogP contribution in [0.25, 0.3) is 49.5 Å². The van der Waals surface area contributed by atoms with Crippen molar-refractivity contribution in [2.24, 2.45) is 0 Å². The molecule has 4 aromatic heterocycles. The van der Waals surface area contributed by atoms with Gasteiger partial charge in [0.1, 0.15) is 5.52 Å². The molecule has 41 heavy (non-hydrogen) atoms. The molecule has 3 aromatic carbocycles. The number of hydrogen-bond acceptors (Lipinski definition) is 7.